The molecule has 1 atom stereocenters. The Labute approximate surface area is 100 Å². The molecular formula is C12H16ClN3. The van der Waals surface area contributed by atoms with Crippen LogP contribution in [0, 0.1) is 0 Å². The highest BCUT2D eigenvalue weighted by atomic mass is 35.5. The van der Waals surface area contributed by atoms with E-state index in [1.807, 2.05) is 24.6 Å². The SMILES string of the molecule is CCn1nc2ccc(CC(C)N)cc2c1Cl. The molecule has 2 rings (SSSR count). The highest BCUT2D eigenvalue weighted by Gasteiger charge is 2.08. The van der Waals surface area contributed by atoms with Gasteiger partial charge in [0.25, 0.3) is 0 Å². The molecule has 2 N–H and O–H groups in total. The Kier molecular flexibility index (Phi) is 3.17. The summed E-state index contributed by atoms with van der Waals surface area (Å²) in [6, 6.07) is 6.32. The van der Waals surface area contributed by atoms with Gasteiger partial charge in [-0.25, -0.2) is 0 Å². The Hall–Kier alpha value is -1.06. The molecule has 4 heteroatoms. The van der Waals surface area contributed by atoms with Gasteiger partial charge in [0.15, 0.2) is 0 Å². The average molecular weight is 238 g/mol. The number of fused-ring (bicyclic) bond motifs is 1. The fourth-order valence-electron chi connectivity index (χ4n) is 1.86. The molecular weight excluding hydrogens is 222 g/mol. The first-order valence-electron chi connectivity index (χ1n) is 5.52. The lowest BCUT2D eigenvalue weighted by molar-refractivity contribution is 0.669. The molecule has 86 valence electrons. The monoisotopic (exact) mass is 237 g/mol. The Bertz CT molecular complexity index is 502. The van der Waals surface area contributed by atoms with E-state index in [4.69, 9.17) is 17.3 Å². The van der Waals surface area contributed by atoms with Crippen LogP contribution in [-0.4, -0.2) is 15.8 Å². The summed E-state index contributed by atoms with van der Waals surface area (Å²) in [7, 11) is 0. The van der Waals surface area contributed by atoms with Gasteiger partial charge in [-0.15, -0.1) is 0 Å². The van der Waals surface area contributed by atoms with Gasteiger partial charge in [0.2, 0.25) is 0 Å². The minimum absolute atomic E-state index is 0.164. The first kappa shape index (κ1) is 11.4. The number of nitrogens with zero attached hydrogens (tertiary/aromatic N) is 2. The van der Waals surface area contributed by atoms with Crippen molar-refractivity contribution in [3.8, 4) is 0 Å². The predicted octanol–water partition coefficient (Wildman–Crippen LogP) is 2.60. The van der Waals surface area contributed by atoms with E-state index in [1.54, 1.807) is 0 Å². The molecule has 3 nitrogen and oxygen atoms in total. The van der Waals surface area contributed by atoms with Gasteiger partial charge in [-0.3, -0.25) is 4.68 Å². The van der Waals surface area contributed by atoms with Gasteiger partial charge < -0.3 is 5.73 Å². The molecule has 0 amide bonds. The van der Waals surface area contributed by atoms with E-state index in [9.17, 15) is 0 Å². The molecule has 1 heterocycles. The third kappa shape index (κ3) is 2.06. The van der Waals surface area contributed by atoms with Gasteiger partial charge in [0, 0.05) is 18.0 Å². The second kappa shape index (κ2) is 4.44. The molecule has 1 unspecified atom stereocenters. The minimum atomic E-state index is 0.164. The normalized spacial score (nSPS) is 13.2. The van der Waals surface area contributed by atoms with E-state index < -0.39 is 0 Å². The third-order valence-corrected chi connectivity index (χ3v) is 2.99. The van der Waals surface area contributed by atoms with Gasteiger partial charge in [-0.05, 0) is 38.0 Å². The summed E-state index contributed by atoms with van der Waals surface area (Å²) in [5.41, 5.74) is 7.94. The van der Waals surface area contributed by atoms with Gasteiger partial charge in [0.1, 0.15) is 5.15 Å². The van der Waals surface area contributed by atoms with Crippen molar-refractivity contribution < 1.29 is 0 Å². The van der Waals surface area contributed by atoms with Crippen molar-refractivity contribution in [2.24, 2.45) is 5.73 Å². The van der Waals surface area contributed by atoms with Gasteiger partial charge in [0.05, 0.1) is 5.52 Å². The lowest BCUT2D eigenvalue weighted by Gasteiger charge is -2.04. The Morgan fingerprint density at radius 1 is 1.50 bits per heavy atom. The van der Waals surface area contributed by atoms with Crippen LogP contribution in [0.2, 0.25) is 5.15 Å². The maximum absolute atomic E-state index is 6.24. The molecule has 0 fully saturated rings. The second-order valence-electron chi connectivity index (χ2n) is 4.14. The van der Waals surface area contributed by atoms with E-state index in [2.05, 4.69) is 17.2 Å². The lowest BCUT2D eigenvalue weighted by atomic mass is 10.1. The summed E-state index contributed by atoms with van der Waals surface area (Å²) in [6.45, 7) is 4.82. The quantitative estimate of drug-likeness (QED) is 0.892. The molecule has 0 aliphatic carbocycles. The van der Waals surface area contributed by atoms with Crippen LogP contribution < -0.4 is 5.73 Å². The topological polar surface area (TPSA) is 43.8 Å². The van der Waals surface area contributed by atoms with E-state index in [0.29, 0.717) is 5.15 Å². The Morgan fingerprint density at radius 3 is 2.88 bits per heavy atom. The van der Waals surface area contributed by atoms with E-state index in [1.165, 1.54) is 5.56 Å². The van der Waals surface area contributed by atoms with E-state index in [-0.39, 0.29) is 6.04 Å². The molecule has 0 radical (unpaired) electrons. The van der Waals surface area contributed by atoms with E-state index >= 15 is 0 Å². The summed E-state index contributed by atoms with van der Waals surface area (Å²) < 4.78 is 1.81. The number of hydrogen-bond acceptors (Lipinski definition) is 2. The van der Waals surface area contributed by atoms with Crippen molar-refractivity contribution in [1.82, 2.24) is 9.78 Å². The molecule has 1 aromatic heterocycles. The third-order valence-electron chi connectivity index (χ3n) is 2.60. The highest BCUT2D eigenvalue weighted by molar-refractivity contribution is 6.34. The van der Waals surface area contributed by atoms with Crippen molar-refractivity contribution in [2.75, 3.05) is 0 Å². The molecule has 16 heavy (non-hydrogen) atoms. The predicted molar refractivity (Wildman–Crippen MR) is 67.8 cm³/mol. The average Bonchev–Trinajstić information content (AvgIpc) is 2.55. The zero-order chi connectivity index (χ0) is 11.7. The molecule has 0 saturated carbocycles. The molecule has 1 aromatic carbocycles. The van der Waals surface area contributed by atoms with E-state index in [0.717, 1.165) is 23.9 Å². The maximum Gasteiger partial charge on any atom is 0.134 e. The van der Waals surface area contributed by atoms with Gasteiger partial charge in [-0.2, -0.15) is 5.10 Å². The molecule has 0 bridgehead atoms. The van der Waals surface area contributed by atoms with Crippen molar-refractivity contribution in [3.63, 3.8) is 0 Å². The van der Waals surface area contributed by atoms with Crippen LogP contribution in [-0.2, 0) is 13.0 Å². The number of nitrogens with two attached hydrogens (primary N) is 1. The van der Waals surface area contributed by atoms with Gasteiger partial charge >= 0.3 is 0 Å². The molecule has 0 spiro atoms. The number of aryl methyl sites for hydroxylation is 1. The van der Waals surface area contributed by atoms with Crippen LogP contribution in [0.15, 0.2) is 18.2 Å². The van der Waals surface area contributed by atoms with Crippen LogP contribution in [0.5, 0.6) is 0 Å². The van der Waals surface area contributed by atoms with Gasteiger partial charge in [-0.1, -0.05) is 17.7 Å². The van der Waals surface area contributed by atoms with Crippen LogP contribution in [0.3, 0.4) is 0 Å². The summed E-state index contributed by atoms with van der Waals surface area (Å²) in [5.74, 6) is 0. The minimum Gasteiger partial charge on any atom is -0.328 e. The molecule has 0 aliphatic rings. The fraction of sp³-hybridized carbons (Fsp3) is 0.417. The first-order valence-corrected chi connectivity index (χ1v) is 5.90. The summed E-state index contributed by atoms with van der Waals surface area (Å²) >= 11 is 6.24. The van der Waals surface area contributed by atoms with Crippen LogP contribution >= 0.6 is 11.6 Å². The first-order chi connectivity index (χ1) is 7.61. The van der Waals surface area contributed by atoms with Crippen molar-refractivity contribution in [2.45, 2.75) is 32.9 Å². The van der Waals surface area contributed by atoms with Crippen molar-refractivity contribution in [1.29, 1.82) is 0 Å². The van der Waals surface area contributed by atoms with Crippen molar-refractivity contribution in [3.05, 3.63) is 28.9 Å². The Balaban J connectivity index is 2.48. The van der Waals surface area contributed by atoms with Crippen molar-refractivity contribution >= 4 is 22.5 Å². The largest absolute Gasteiger partial charge is 0.328 e. The Morgan fingerprint density at radius 2 is 2.25 bits per heavy atom. The zero-order valence-electron chi connectivity index (χ0n) is 9.57. The molecule has 0 aliphatic heterocycles. The zero-order valence-corrected chi connectivity index (χ0v) is 10.3. The number of hydrogen-bond donors (Lipinski definition) is 1. The molecule has 2 aromatic rings. The number of benzene rings is 1. The summed E-state index contributed by atoms with van der Waals surface area (Å²) in [4.78, 5) is 0. The second-order valence-corrected chi connectivity index (χ2v) is 4.50. The number of aromatic nitrogens is 2. The summed E-state index contributed by atoms with van der Waals surface area (Å²) in [5, 5.41) is 6.13. The van der Waals surface area contributed by atoms with Crippen LogP contribution in [0.4, 0.5) is 0 Å². The smallest absolute Gasteiger partial charge is 0.134 e. The highest BCUT2D eigenvalue weighted by Crippen LogP contribution is 2.24. The lowest BCUT2D eigenvalue weighted by Crippen LogP contribution is -2.17. The number of halogens is 1. The standard InChI is InChI=1S/C12H16ClN3/c1-3-16-12(13)10-7-9(6-8(2)14)4-5-11(10)15-16/h4-5,7-8H,3,6,14H2,1-2H3. The van der Waals surface area contributed by atoms with Crippen LogP contribution in [0.1, 0.15) is 19.4 Å². The maximum atomic E-state index is 6.24. The summed E-state index contributed by atoms with van der Waals surface area (Å²) in [6.07, 6.45) is 0.865. The fourth-order valence-corrected chi connectivity index (χ4v) is 2.17. The van der Waals surface area contributed by atoms with Crippen LogP contribution in [0.25, 0.3) is 10.9 Å². The number of rotatable bonds is 3. The molecule has 0 saturated heterocycles.